The van der Waals surface area contributed by atoms with E-state index in [0.717, 1.165) is 32.4 Å². The van der Waals surface area contributed by atoms with Gasteiger partial charge in [-0.1, -0.05) is 97.1 Å². The fourth-order valence-corrected chi connectivity index (χ4v) is 9.39. The van der Waals surface area contributed by atoms with E-state index in [1.165, 1.54) is 38.4 Å². The van der Waals surface area contributed by atoms with Crippen molar-refractivity contribution in [2.45, 2.75) is 0 Å². The molecule has 1 nitrogen and oxygen atoms in total. The molecule has 0 saturated carbocycles. The second-order valence-corrected chi connectivity index (χ2v) is 11.9. The van der Waals surface area contributed by atoms with Gasteiger partial charge >= 0.3 is 0 Å². The third-order valence-electron chi connectivity index (χ3n) is 7.60. The van der Waals surface area contributed by atoms with Crippen LogP contribution >= 0.6 is 7.14 Å². The van der Waals surface area contributed by atoms with Gasteiger partial charge in [0.05, 0.1) is 0 Å². The zero-order chi connectivity index (χ0) is 22.4. The van der Waals surface area contributed by atoms with Crippen molar-refractivity contribution in [3.63, 3.8) is 0 Å². The molecule has 0 N–H and O–H groups in total. The van der Waals surface area contributed by atoms with Gasteiger partial charge in [-0.25, -0.2) is 0 Å². The van der Waals surface area contributed by atoms with Crippen molar-refractivity contribution in [2.75, 3.05) is 0 Å². The third-order valence-corrected chi connectivity index (χ3v) is 10.8. The van der Waals surface area contributed by atoms with Crippen LogP contribution in [0.4, 0.5) is 0 Å². The first-order chi connectivity index (χ1) is 16.7. The Balaban J connectivity index is 1.48. The van der Waals surface area contributed by atoms with Crippen molar-refractivity contribution in [1.82, 2.24) is 0 Å². The van der Waals surface area contributed by atoms with Gasteiger partial charge in [0, 0.05) is 15.9 Å². The molecule has 34 heavy (non-hydrogen) atoms. The topological polar surface area (TPSA) is 17.1 Å². The van der Waals surface area contributed by atoms with Crippen LogP contribution in [0.5, 0.6) is 0 Å². The SMILES string of the molecule is O=P1(c2ccc3c4c(cccc24)-c2cc4ccccc4cc2-3)c2ccccc2-c2ccccc21. The molecular weight excluding hydrogens is 431 g/mol. The Morgan fingerprint density at radius 1 is 0.412 bits per heavy atom. The van der Waals surface area contributed by atoms with Crippen molar-refractivity contribution in [1.29, 1.82) is 0 Å². The minimum Gasteiger partial charge on any atom is -0.309 e. The largest absolute Gasteiger partial charge is 0.309 e. The first-order valence-corrected chi connectivity index (χ1v) is 13.4. The number of fused-ring (bicyclic) bond motifs is 7. The molecule has 0 aromatic heterocycles. The Bertz CT molecular complexity index is 1800. The maximum absolute atomic E-state index is 15.2. The summed E-state index contributed by atoms with van der Waals surface area (Å²) in [6.07, 6.45) is 0. The van der Waals surface area contributed by atoms with Crippen LogP contribution in [0.15, 0.2) is 115 Å². The summed E-state index contributed by atoms with van der Waals surface area (Å²) in [6.45, 7) is 0. The van der Waals surface area contributed by atoms with Crippen molar-refractivity contribution >= 4 is 44.6 Å². The van der Waals surface area contributed by atoms with Gasteiger partial charge < -0.3 is 4.57 Å². The average molecular weight is 450 g/mol. The lowest BCUT2D eigenvalue weighted by Gasteiger charge is -2.19. The molecule has 0 atom stereocenters. The molecule has 0 fully saturated rings. The van der Waals surface area contributed by atoms with Crippen LogP contribution in [0.3, 0.4) is 0 Å². The summed E-state index contributed by atoms with van der Waals surface area (Å²) >= 11 is 0. The third kappa shape index (κ3) is 2.14. The average Bonchev–Trinajstić information content (AvgIpc) is 3.35. The molecule has 2 aliphatic rings. The van der Waals surface area contributed by atoms with Crippen LogP contribution < -0.4 is 15.9 Å². The number of hydrogen-bond acceptors (Lipinski definition) is 1. The molecule has 0 unspecified atom stereocenters. The van der Waals surface area contributed by atoms with Gasteiger partial charge in [-0.05, 0) is 73.1 Å². The highest BCUT2D eigenvalue weighted by Gasteiger charge is 2.41. The fraction of sp³-hybridized carbons (Fsp3) is 0. The Kier molecular flexibility index (Phi) is 3.45. The molecule has 6 aromatic rings. The van der Waals surface area contributed by atoms with Crippen molar-refractivity contribution in [3.05, 3.63) is 115 Å². The molecular formula is C32H19OP. The van der Waals surface area contributed by atoms with Gasteiger partial charge in [0.2, 0.25) is 0 Å². The molecule has 0 spiro atoms. The lowest BCUT2D eigenvalue weighted by Crippen LogP contribution is -2.21. The van der Waals surface area contributed by atoms with Gasteiger partial charge in [0.1, 0.15) is 0 Å². The zero-order valence-corrected chi connectivity index (χ0v) is 19.2. The molecule has 8 rings (SSSR count). The predicted molar refractivity (Wildman–Crippen MR) is 144 cm³/mol. The molecule has 0 bridgehead atoms. The van der Waals surface area contributed by atoms with E-state index in [2.05, 4.69) is 91.0 Å². The quantitative estimate of drug-likeness (QED) is 0.241. The summed E-state index contributed by atoms with van der Waals surface area (Å²) in [4.78, 5) is 0. The van der Waals surface area contributed by atoms with Crippen molar-refractivity contribution in [3.8, 4) is 33.4 Å². The fourth-order valence-electron chi connectivity index (χ4n) is 6.14. The van der Waals surface area contributed by atoms with Crippen LogP contribution in [0.1, 0.15) is 0 Å². The van der Waals surface area contributed by atoms with E-state index < -0.39 is 7.14 Å². The molecule has 0 amide bonds. The lowest BCUT2D eigenvalue weighted by molar-refractivity contribution is 0.593. The normalized spacial score (nSPS) is 14.2. The van der Waals surface area contributed by atoms with E-state index in [-0.39, 0.29) is 0 Å². The highest BCUT2D eigenvalue weighted by Crippen LogP contribution is 2.55. The van der Waals surface area contributed by atoms with E-state index in [1.54, 1.807) is 0 Å². The van der Waals surface area contributed by atoms with Gasteiger partial charge in [0.25, 0.3) is 0 Å². The van der Waals surface area contributed by atoms with Gasteiger partial charge in [-0.15, -0.1) is 0 Å². The number of hydrogen-bond donors (Lipinski definition) is 0. The van der Waals surface area contributed by atoms with Crippen LogP contribution in [0.25, 0.3) is 54.9 Å². The minimum atomic E-state index is -3.00. The summed E-state index contributed by atoms with van der Waals surface area (Å²) in [6, 6.07) is 40.4. The summed E-state index contributed by atoms with van der Waals surface area (Å²) in [5, 5.41) is 7.68. The minimum absolute atomic E-state index is 0.947. The number of benzene rings is 6. The van der Waals surface area contributed by atoms with Gasteiger partial charge in [-0.3, -0.25) is 0 Å². The van der Waals surface area contributed by atoms with E-state index in [9.17, 15) is 0 Å². The molecule has 1 aliphatic carbocycles. The maximum Gasteiger partial charge on any atom is 0.172 e. The van der Waals surface area contributed by atoms with Crippen LogP contribution in [-0.2, 0) is 4.57 Å². The Morgan fingerprint density at radius 2 is 0.941 bits per heavy atom. The highest BCUT2D eigenvalue weighted by molar-refractivity contribution is 7.86. The summed E-state index contributed by atoms with van der Waals surface area (Å²) in [5.41, 5.74) is 7.20. The Morgan fingerprint density at radius 3 is 1.59 bits per heavy atom. The monoisotopic (exact) mass is 450 g/mol. The maximum atomic E-state index is 15.2. The molecule has 6 aromatic carbocycles. The molecule has 1 aliphatic heterocycles. The van der Waals surface area contributed by atoms with Crippen LogP contribution in [0, 0.1) is 0 Å². The molecule has 1 heterocycles. The van der Waals surface area contributed by atoms with Crippen LogP contribution in [-0.4, -0.2) is 0 Å². The molecule has 0 saturated heterocycles. The Hall–Kier alpha value is -3.93. The van der Waals surface area contributed by atoms with Crippen molar-refractivity contribution in [2.24, 2.45) is 0 Å². The van der Waals surface area contributed by atoms with E-state index in [0.29, 0.717) is 0 Å². The number of rotatable bonds is 1. The summed E-state index contributed by atoms with van der Waals surface area (Å²) < 4.78 is 15.2. The van der Waals surface area contributed by atoms with Gasteiger partial charge in [-0.2, -0.15) is 0 Å². The predicted octanol–water partition coefficient (Wildman–Crippen LogP) is 7.26. The first-order valence-electron chi connectivity index (χ1n) is 11.6. The standard InChI is InChI=1S/C32H19OP/c33-34(29-14-5-3-10-22(29)23-11-4-6-15-30(23)34)31-17-16-25-28-19-21-9-2-1-8-20(21)18-27(28)24-12-7-13-26(31)32(24)25/h1-19H. The van der Waals surface area contributed by atoms with Gasteiger partial charge in [0.15, 0.2) is 7.14 Å². The zero-order valence-electron chi connectivity index (χ0n) is 18.3. The second kappa shape index (κ2) is 6.35. The highest BCUT2D eigenvalue weighted by atomic mass is 31.2. The van der Waals surface area contributed by atoms with E-state index in [1.807, 2.05) is 24.3 Å². The summed E-state index contributed by atoms with van der Waals surface area (Å²) in [5.74, 6) is 0. The smallest absolute Gasteiger partial charge is 0.172 e. The van der Waals surface area contributed by atoms with E-state index in [4.69, 9.17) is 0 Å². The molecule has 0 radical (unpaired) electrons. The first kappa shape index (κ1) is 18.5. The second-order valence-electron chi connectivity index (χ2n) is 9.25. The van der Waals surface area contributed by atoms with Crippen molar-refractivity contribution < 1.29 is 4.57 Å². The lowest BCUT2D eigenvalue weighted by atomic mass is 9.99. The molecule has 158 valence electrons. The summed E-state index contributed by atoms with van der Waals surface area (Å²) in [7, 11) is -3.00. The van der Waals surface area contributed by atoms with E-state index >= 15 is 4.57 Å². The van der Waals surface area contributed by atoms with Crippen LogP contribution in [0.2, 0.25) is 0 Å². The molecule has 2 heteroatoms. The Labute approximate surface area is 197 Å².